The van der Waals surface area contributed by atoms with Crippen molar-refractivity contribution in [2.24, 2.45) is 0 Å². The largest absolute Gasteiger partial charge is 0.403 e. The lowest BCUT2D eigenvalue weighted by molar-refractivity contribution is -0.137. The maximum atomic E-state index is 11.7. The molecule has 1 heterocycles. The van der Waals surface area contributed by atoms with E-state index >= 15 is 0 Å². The fraction of sp³-hybridized carbons (Fsp3) is 0.833. The van der Waals surface area contributed by atoms with E-state index in [2.05, 4.69) is 46.1 Å². The van der Waals surface area contributed by atoms with Gasteiger partial charge < -0.3 is 9.74 Å². The highest BCUT2D eigenvalue weighted by atomic mass is 32.2. The van der Waals surface area contributed by atoms with Crippen molar-refractivity contribution >= 4 is 53.5 Å². The summed E-state index contributed by atoms with van der Waals surface area (Å²) in [6, 6.07) is 0. The average Bonchev–Trinajstić information content (AvgIpc) is 2.24. The fourth-order valence-electron chi connectivity index (χ4n) is 1.30. The Labute approximate surface area is 131 Å². The molecule has 1 aliphatic rings. The Hall–Kier alpha value is 0.437. The van der Waals surface area contributed by atoms with Crippen LogP contribution >= 0.6 is 35.7 Å². The highest BCUT2D eigenvalue weighted by molar-refractivity contribution is 8.47. The lowest BCUT2D eigenvalue weighted by Gasteiger charge is -2.44. The van der Waals surface area contributed by atoms with E-state index in [9.17, 15) is 4.79 Å². The molecule has 1 amide bonds. The van der Waals surface area contributed by atoms with Crippen molar-refractivity contribution in [2.45, 2.75) is 57.3 Å². The number of carbonyl (C=O) groups excluding carboxylic acids is 1. The van der Waals surface area contributed by atoms with Crippen LogP contribution in [-0.2, 0) is 9.22 Å². The van der Waals surface area contributed by atoms with Crippen molar-refractivity contribution in [2.75, 3.05) is 5.75 Å². The maximum absolute atomic E-state index is 11.7. The van der Waals surface area contributed by atoms with Crippen LogP contribution in [0.15, 0.2) is 0 Å². The van der Waals surface area contributed by atoms with Gasteiger partial charge in [-0.25, -0.2) is 0 Å². The lowest BCUT2D eigenvalue weighted by atomic mass is 10.2. The van der Waals surface area contributed by atoms with Crippen LogP contribution in [0.4, 0.5) is 0 Å². The van der Waals surface area contributed by atoms with Crippen molar-refractivity contribution in [3.63, 3.8) is 0 Å². The van der Waals surface area contributed by atoms with Gasteiger partial charge in [-0.2, -0.15) is 0 Å². The number of hydrogen-bond donors (Lipinski definition) is 1. The molecule has 1 saturated heterocycles. The molecule has 3 nitrogen and oxygen atoms in total. The van der Waals surface area contributed by atoms with Gasteiger partial charge in [-0.3, -0.25) is 4.79 Å². The molecule has 0 aromatic heterocycles. The summed E-state index contributed by atoms with van der Waals surface area (Å²) in [6.45, 7) is 12.9. The van der Waals surface area contributed by atoms with Crippen LogP contribution in [0.3, 0.4) is 0 Å². The van der Waals surface area contributed by atoms with Gasteiger partial charge in [0.05, 0.1) is 0 Å². The molecule has 0 bridgehead atoms. The first-order valence-corrected chi connectivity index (χ1v) is 11.6. The first kappa shape index (κ1) is 17.5. The molecule has 1 fully saturated rings. The standard InChI is InChI=1S/C12H23NO2S3Si/c1-7-17-11(16)18-10-8(9(14)13-10)15-19(5,6)12(2,3)4/h8,10H,7H2,1-6H3,(H,13,14)/t8-,10+/m0/s1. The zero-order valence-electron chi connectivity index (χ0n) is 12.4. The molecule has 1 N–H and O–H groups in total. The number of carbonyl (C=O) groups is 1. The number of amides is 1. The van der Waals surface area contributed by atoms with Gasteiger partial charge in [0.2, 0.25) is 0 Å². The van der Waals surface area contributed by atoms with E-state index in [0.29, 0.717) is 0 Å². The van der Waals surface area contributed by atoms with E-state index < -0.39 is 8.32 Å². The van der Waals surface area contributed by atoms with Gasteiger partial charge >= 0.3 is 0 Å². The Morgan fingerprint density at radius 2 is 2.05 bits per heavy atom. The van der Waals surface area contributed by atoms with E-state index in [0.717, 1.165) is 9.28 Å². The summed E-state index contributed by atoms with van der Waals surface area (Å²) >= 11 is 8.43. The summed E-state index contributed by atoms with van der Waals surface area (Å²) in [5, 5.41) is 2.96. The predicted octanol–water partition coefficient (Wildman–Crippen LogP) is 3.60. The van der Waals surface area contributed by atoms with Gasteiger partial charge in [0.25, 0.3) is 5.91 Å². The molecular formula is C12H23NO2S3Si. The summed E-state index contributed by atoms with van der Waals surface area (Å²) in [5.41, 5.74) is 0. The Balaban J connectivity index is 2.61. The number of thioether (sulfide) groups is 2. The third-order valence-corrected chi connectivity index (χ3v) is 10.6. The maximum Gasteiger partial charge on any atom is 0.251 e. The van der Waals surface area contributed by atoms with Crippen molar-refractivity contribution in [3.8, 4) is 0 Å². The van der Waals surface area contributed by atoms with Crippen molar-refractivity contribution < 1.29 is 9.22 Å². The lowest BCUT2D eigenvalue weighted by Crippen LogP contribution is -2.65. The average molecular weight is 338 g/mol. The molecule has 7 heteroatoms. The normalized spacial score (nSPS) is 23.8. The van der Waals surface area contributed by atoms with E-state index in [4.69, 9.17) is 16.6 Å². The number of nitrogens with one attached hydrogen (secondary N) is 1. The van der Waals surface area contributed by atoms with Crippen LogP contribution in [-0.4, -0.2) is 35.0 Å². The molecule has 0 aliphatic carbocycles. The molecule has 0 aromatic rings. The van der Waals surface area contributed by atoms with Crippen LogP contribution in [0.25, 0.3) is 0 Å². The topological polar surface area (TPSA) is 38.3 Å². The van der Waals surface area contributed by atoms with E-state index in [1.165, 1.54) is 11.8 Å². The second kappa shape index (κ2) is 6.47. The molecule has 0 saturated carbocycles. The van der Waals surface area contributed by atoms with Gasteiger partial charge in [0, 0.05) is 0 Å². The number of rotatable bonds is 4. The summed E-state index contributed by atoms with van der Waals surface area (Å²) in [5.74, 6) is 0.951. The second-order valence-corrected chi connectivity index (χ2v) is 14.4. The van der Waals surface area contributed by atoms with E-state index in [1.54, 1.807) is 11.8 Å². The van der Waals surface area contributed by atoms with Crippen LogP contribution in [0, 0.1) is 0 Å². The molecule has 0 aromatic carbocycles. The number of hydrogen-bond acceptors (Lipinski definition) is 5. The Kier molecular flexibility index (Phi) is 5.95. The Morgan fingerprint density at radius 1 is 1.47 bits per heavy atom. The zero-order valence-corrected chi connectivity index (χ0v) is 15.9. The minimum absolute atomic E-state index is 0.00776. The predicted molar refractivity (Wildman–Crippen MR) is 92.3 cm³/mol. The summed E-state index contributed by atoms with van der Waals surface area (Å²) < 4.78 is 7.05. The van der Waals surface area contributed by atoms with Crippen LogP contribution in [0.2, 0.25) is 18.1 Å². The molecule has 0 spiro atoms. The molecule has 2 atom stereocenters. The quantitative estimate of drug-likeness (QED) is 0.482. The molecule has 1 rings (SSSR count). The van der Waals surface area contributed by atoms with Crippen LogP contribution in [0.1, 0.15) is 27.7 Å². The van der Waals surface area contributed by atoms with Crippen molar-refractivity contribution in [1.29, 1.82) is 0 Å². The molecule has 19 heavy (non-hydrogen) atoms. The summed E-state index contributed by atoms with van der Waals surface area (Å²) in [6.07, 6.45) is -0.346. The third kappa shape index (κ3) is 4.46. The van der Waals surface area contributed by atoms with Crippen molar-refractivity contribution in [1.82, 2.24) is 5.32 Å². The third-order valence-electron chi connectivity index (χ3n) is 3.53. The zero-order chi connectivity index (χ0) is 14.8. The molecule has 110 valence electrons. The molecular weight excluding hydrogens is 314 g/mol. The van der Waals surface area contributed by atoms with E-state index in [-0.39, 0.29) is 22.4 Å². The Bertz CT molecular complexity index is 368. The fourth-order valence-corrected chi connectivity index (χ4v) is 5.15. The Morgan fingerprint density at radius 3 is 2.47 bits per heavy atom. The summed E-state index contributed by atoms with van der Waals surface area (Å²) in [7, 11) is -1.92. The van der Waals surface area contributed by atoms with Crippen LogP contribution < -0.4 is 5.32 Å². The SMILES string of the molecule is CCSC(=S)S[C@H]1NC(=O)[C@@H]1O[Si](C)(C)C(C)(C)C. The van der Waals surface area contributed by atoms with Crippen molar-refractivity contribution in [3.05, 3.63) is 0 Å². The monoisotopic (exact) mass is 337 g/mol. The first-order chi connectivity index (χ1) is 8.58. The van der Waals surface area contributed by atoms with Gasteiger partial charge in [0.15, 0.2) is 14.4 Å². The van der Waals surface area contributed by atoms with E-state index in [1.807, 2.05) is 0 Å². The first-order valence-electron chi connectivity index (χ1n) is 6.40. The number of thiocarbonyl (C=S) groups is 1. The highest BCUT2D eigenvalue weighted by Gasteiger charge is 2.48. The second-order valence-electron chi connectivity index (χ2n) is 6.03. The highest BCUT2D eigenvalue weighted by Crippen LogP contribution is 2.40. The summed E-state index contributed by atoms with van der Waals surface area (Å²) in [4.78, 5) is 11.7. The van der Waals surface area contributed by atoms with Crippen LogP contribution in [0.5, 0.6) is 0 Å². The minimum atomic E-state index is -1.92. The smallest absolute Gasteiger partial charge is 0.251 e. The molecule has 1 aliphatic heterocycles. The van der Waals surface area contributed by atoms with Gasteiger partial charge in [-0.1, -0.05) is 51.7 Å². The minimum Gasteiger partial charge on any atom is -0.403 e. The van der Waals surface area contributed by atoms with Gasteiger partial charge in [0.1, 0.15) is 8.90 Å². The molecule has 0 unspecified atom stereocenters. The molecule has 0 radical (unpaired) electrons. The van der Waals surface area contributed by atoms with Gasteiger partial charge in [-0.05, 0) is 23.9 Å². The van der Waals surface area contributed by atoms with Gasteiger partial charge in [-0.15, -0.1) is 11.8 Å². The number of β-lactam (4-membered cyclic amide) rings is 1.